The Morgan fingerprint density at radius 2 is 1.82 bits per heavy atom. The molecule has 0 aliphatic heterocycles. The number of amides is 1. The van der Waals surface area contributed by atoms with Crippen molar-refractivity contribution in [1.82, 2.24) is 4.31 Å². The van der Waals surface area contributed by atoms with Crippen molar-refractivity contribution in [2.24, 2.45) is 0 Å². The van der Waals surface area contributed by atoms with Gasteiger partial charge in [-0.3, -0.25) is 4.79 Å². The van der Waals surface area contributed by atoms with Crippen molar-refractivity contribution >= 4 is 43.5 Å². The summed E-state index contributed by atoms with van der Waals surface area (Å²) in [4.78, 5) is 24.2. The molecule has 150 valence electrons. The highest BCUT2D eigenvalue weighted by Gasteiger charge is 2.23. The number of hydrogen-bond donors (Lipinski definition) is 1. The first-order valence-corrected chi connectivity index (χ1v) is 10.2. The molecule has 28 heavy (non-hydrogen) atoms. The maximum Gasteiger partial charge on any atom is 0.338 e. The molecule has 8 nitrogen and oxygen atoms in total. The van der Waals surface area contributed by atoms with Gasteiger partial charge in [-0.1, -0.05) is 12.1 Å². The van der Waals surface area contributed by atoms with Gasteiger partial charge in [0.2, 0.25) is 10.0 Å². The molecule has 0 saturated heterocycles. The van der Waals surface area contributed by atoms with Gasteiger partial charge in [-0.25, -0.2) is 17.5 Å². The molecule has 0 aliphatic carbocycles. The van der Waals surface area contributed by atoms with E-state index in [9.17, 15) is 18.0 Å². The number of hydrogen-bond acceptors (Lipinski definition) is 6. The summed E-state index contributed by atoms with van der Waals surface area (Å²) in [6.45, 7) is -0.539. The molecule has 0 fully saturated rings. The highest BCUT2D eigenvalue weighted by molar-refractivity contribution is 9.10. The highest BCUT2D eigenvalue weighted by Crippen LogP contribution is 2.26. The van der Waals surface area contributed by atoms with E-state index in [2.05, 4.69) is 21.2 Å². The Morgan fingerprint density at radius 1 is 1.14 bits per heavy atom. The topological polar surface area (TPSA) is 102 Å². The third-order valence-corrected chi connectivity index (χ3v) is 6.45. The number of sulfonamides is 1. The number of nitrogens with zero attached hydrogens (tertiary/aromatic N) is 1. The lowest BCUT2D eigenvalue weighted by Gasteiger charge is -2.14. The van der Waals surface area contributed by atoms with Crippen LogP contribution < -0.4 is 10.1 Å². The maximum atomic E-state index is 12.3. The first-order valence-electron chi connectivity index (χ1n) is 7.99. The molecule has 0 unspecified atom stereocenters. The van der Waals surface area contributed by atoms with Crippen LogP contribution >= 0.6 is 15.9 Å². The average Bonchev–Trinajstić information content (AvgIpc) is 2.66. The van der Waals surface area contributed by atoms with Gasteiger partial charge in [-0.05, 0) is 46.3 Å². The second-order valence-electron chi connectivity index (χ2n) is 5.76. The van der Waals surface area contributed by atoms with Crippen molar-refractivity contribution in [2.45, 2.75) is 4.90 Å². The highest BCUT2D eigenvalue weighted by atomic mass is 79.9. The number of benzene rings is 2. The molecule has 1 amide bonds. The summed E-state index contributed by atoms with van der Waals surface area (Å²) in [7, 11) is 0.480. The Bertz CT molecular complexity index is 991. The second kappa shape index (κ2) is 9.18. The van der Waals surface area contributed by atoms with Crippen molar-refractivity contribution in [1.29, 1.82) is 0 Å². The van der Waals surface area contributed by atoms with Crippen LogP contribution in [0.3, 0.4) is 0 Å². The molecular weight excluding hydrogens is 452 g/mol. The number of nitrogens with one attached hydrogen (secondary N) is 1. The predicted molar refractivity (Wildman–Crippen MR) is 107 cm³/mol. The minimum absolute atomic E-state index is 0.00807. The number of methoxy groups -OCH3 is 1. The van der Waals surface area contributed by atoms with Crippen molar-refractivity contribution < 1.29 is 27.5 Å². The summed E-state index contributed by atoms with van der Waals surface area (Å²) in [6, 6.07) is 10.8. The number of carbonyl (C=O) groups is 2. The molecule has 0 heterocycles. The lowest BCUT2D eigenvalue weighted by atomic mass is 10.2. The van der Waals surface area contributed by atoms with Crippen LogP contribution in [0.15, 0.2) is 51.8 Å². The zero-order valence-corrected chi connectivity index (χ0v) is 17.8. The van der Waals surface area contributed by atoms with E-state index < -0.39 is 28.5 Å². The summed E-state index contributed by atoms with van der Waals surface area (Å²) in [5.41, 5.74) is 0.447. The zero-order chi connectivity index (χ0) is 20.9. The smallest absolute Gasteiger partial charge is 0.338 e. The minimum Gasteiger partial charge on any atom is -0.495 e. The van der Waals surface area contributed by atoms with Gasteiger partial charge in [0.25, 0.3) is 5.91 Å². The van der Waals surface area contributed by atoms with Crippen molar-refractivity contribution in [3.63, 3.8) is 0 Å². The quantitative estimate of drug-likeness (QED) is 0.623. The van der Waals surface area contributed by atoms with Crippen LogP contribution in [0.25, 0.3) is 0 Å². The van der Waals surface area contributed by atoms with Gasteiger partial charge < -0.3 is 14.8 Å². The van der Waals surface area contributed by atoms with E-state index in [-0.39, 0.29) is 10.5 Å². The average molecular weight is 471 g/mol. The monoisotopic (exact) mass is 470 g/mol. The fourth-order valence-electron chi connectivity index (χ4n) is 2.17. The number of ether oxygens (including phenoxy) is 2. The molecular formula is C18H19BrN2O6S. The van der Waals surface area contributed by atoms with Crippen LogP contribution in [-0.4, -0.2) is 52.4 Å². The number of para-hydroxylation sites is 2. The van der Waals surface area contributed by atoms with E-state index in [1.165, 1.54) is 39.4 Å². The Labute approximate surface area is 171 Å². The summed E-state index contributed by atoms with van der Waals surface area (Å²) >= 11 is 3.16. The minimum atomic E-state index is -3.76. The zero-order valence-electron chi connectivity index (χ0n) is 15.4. The van der Waals surface area contributed by atoms with Crippen LogP contribution in [0.1, 0.15) is 10.4 Å². The molecule has 0 radical (unpaired) electrons. The molecule has 0 aliphatic rings. The Balaban J connectivity index is 2.08. The molecule has 0 atom stereocenters. The first kappa shape index (κ1) is 21.9. The fraction of sp³-hybridized carbons (Fsp3) is 0.222. The van der Waals surface area contributed by atoms with Crippen LogP contribution in [0.2, 0.25) is 0 Å². The lowest BCUT2D eigenvalue weighted by Crippen LogP contribution is -2.23. The molecule has 0 spiro atoms. The molecule has 2 rings (SSSR count). The second-order valence-corrected chi connectivity index (χ2v) is 8.73. The molecule has 1 N–H and O–H groups in total. The molecule has 2 aromatic rings. The van der Waals surface area contributed by atoms with Crippen molar-refractivity contribution in [3.8, 4) is 5.75 Å². The van der Waals surface area contributed by atoms with Gasteiger partial charge in [0, 0.05) is 18.6 Å². The number of esters is 1. The third kappa shape index (κ3) is 5.09. The normalized spacial score (nSPS) is 11.2. The fourth-order valence-corrected chi connectivity index (χ4v) is 4.02. The summed E-state index contributed by atoms with van der Waals surface area (Å²) in [5.74, 6) is -0.914. The van der Waals surface area contributed by atoms with Gasteiger partial charge in [-0.15, -0.1) is 0 Å². The third-order valence-electron chi connectivity index (χ3n) is 3.64. The maximum absolute atomic E-state index is 12.3. The summed E-state index contributed by atoms with van der Waals surface area (Å²) in [5, 5.41) is 2.58. The van der Waals surface area contributed by atoms with Gasteiger partial charge in [0.15, 0.2) is 6.61 Å². The molecule has 0 saturated carbocycles. The molecule has 0 aromatic heterocycles. The molecule has 0 bridgehead atoms. The van der Waals surface area contributed by atoms with E-state index >= 15 is 0 Å². The molecule has 2 aromatic carbocycles. The number of rotatable bonds is 7. The van der Waals surface area contributed by atoms with E-state index in [1.54, 1.807) is 24.3 Å². The Hall–Kier alpha value is -2.43. The van der Waals surface area contributed by atoms with Gasteiger partial charge >= 0.3 is 5.97 Å². The largest absolute Gasteiger partial charge is 0.495 e. The Morgan fingerprint density at radius 3 is 2.46 bits per heavy atom. The van der Waals surface area contributed by atoms with Gasteiger partial charge in [-0.2, -0.15) is 0 Å². The van der Waals surface area contributed by atoms with E-state index in [1.807, 2.05) is 0 Å². The van der Waals surface area contributed by atoms with Gasteiger partial charge in [0.1, 0.15) is 5.75 Å². The van der Waals surface area contributed by atoms with E-state index in [4.69, 9.17) is 9.47 Å². The van der Waals surface area contributed by atoms with Crippen LogP contribution in [0.5, 0.6) is 5.75 Å². The lowest BCUT2D eigenvalue weighted by molar-refractivity contribution is -0.119. The summed E-state index contributed by atoms with van der Waals surface area (Å²) < 4.78 is 36.1. The summed E-state index contributed by atoms with van der Waals surface area (Å²) in [6.07, 6.45) is 0. The van der Waals surface area contributed by atoms with E-state index in [0.29, 0.717) is 15.9 Å². The number of halogens is 1. The van der Waals surface area contributed by atoms with Crippen LogP contribution in [0.4, 0.5) is 5.69 Å². The van der Waals surface area contributed by atoms with Gasteiger partial charge in [0.05, 0.1) is 23.3 Å². The van der Waals surface area contributed by atoms with Crippen LogP contribution in [-0.2, 0) is 19.6 Å². The standard InChI is InChI=1S/C18H19BrN2O6S/c1-21(2)28(24,25)16-10-12(8-9-13(16)19)18(23)27-11-17(22)20-14-6-4-5-7-15(14)26-3/h4-10H,11H2,1-3H3,(H,20,22). The Kier molecular flexibility index (Phi) is 7.17. The van der Waals surface area contributed by atoms with Crippen molar-refractivity contribution in [3.05, 3.63) is 52.5 Å². The predicted octanol–water partition coefficient (Wildman–Crippen LogP) is 2.50. The van der Waals surface area contributed by atoms with Crippen molar-refractivity contribution in [2.75, 3.05) is 33.1 Å². The number of anilines is 1. The number of carbonyl (C=O) groups excluding carboxylic acids is 2. The SMILES string of the molecule is COc1ccccc1NC(=O)COC(=O)c1ccc(Br)c(S(=O)(=O)N(C)C)c1. The van der Waals surface area contributed by atoms with Crippen LogP contribution in [0, 0.1) is 0 Å². The van der Waals surface area contributed by atoms with E-state index in [0.717, 1.165) is 4.31 Å². The molecule has 10 heteroatoms. The first-order chi connectivity index (χ1) is 13.2.